The predicted octanol–water partition coefficient (Wildman–Crippen LogP) is 0.592. The molecule has 0 radical (unpaired) electrons. The highest BCUT2D eigenvalue weighted by atomic mass is 16.7. The van der Waals surface area contributed by atoms with Crippen molar-refractivity contribution in [1.29, 1.82) is 0 Å². The Kier molecular flexibility index (Phi) is 5.08. The molecule has 2 aromatic rings. The molecule has 2 aliphatic heterocycles. The Hall–Kier alpha value is -2.30. The first-order valence-corrected chi connectivity index (χ1v) is 10.7. The zero-order chi connectivity index (χ0) is 20.7. The number of aryl methyl sites for hydroxylation is 1. The topological polar surface area (TPSA) is 116 Å². The number of ether oxygens (including phenoxy) is 2. The van der Waals surface area contributed by atoms with Crippen LogP contribution < -0.4 is 5.32 Å². The number of hydrogen-bond acceptors (Lipinski definition) is 7. The molecule has 5 rings (SSSR count). The lowest BCUT2D eigenvalue weighted by molar-refractivity contribution is -0.194. The summed E-state index contributed by atoms with van der Waals surface area (Å²) in [5.41, 5.74) is 1.25. The number of fused-ring (bicyclic) bond motifs is 1. The van der Waals surface area contributed by atoms with E-state index in [9.17, 15) is 9.90 Å². The van der Waals surface area contributed by atoms with Gasteiger partial charge in [-0.3, -0.25) is 4.79 Å². The molecule has 10 heteroatoms. The number of aromatic nitrogens is 5. The molecule has 3 fully saturated rings. The third kappa shape index (κ3) is 3.52. The molecular weight excluding hydrogens is 388 g/mol. The van der Waals surface area contributed by atoms with Crippen LogP contribution in [0.15, 0.2) is 18.7 Å². The molecule has 10 nitrogen and oxygen atoms in total. The van der Waals surface area contributed by atoms with Crippen LogP contribution in [0.25, 0.3) is 0 Å². The maximum absolute atomic E-state index is 12.5. The molecule has 0 aromatic carbocycles. The van der Waals surface area contributed by atoms with Gasteiger partial charge in [0.25, 0.3) is 5.91 Å². The number of carbonyl (C=O) groups is 1. The lowest BCUT2D eigenvalue weighted by atomic mass is 9.86. The van der Waals surface area contributed by atoms with Crippen molar-refractivity contribution in [3.05, 3.63) is 30.1 Å². The molecule has 3 aliphatic rings. The molecule has 2 aromatic heterocycles. The number of nitrogens with zero attached hydrogens (tertiary/aromatic N) is 5. The normalized spacial score (nSPS) is 31.7. The number of carbonyl (C=O) groups excluding carboxylic acids is 1. The predicted molar refractivity (Wildman–Crippen MR) is 104 cm³/mol. The van der Waals surface area contributed by atoms with E-state index in [0.29, 0.717) is 5.92 Å². The van der Waals surface area contributed by atoms with Crippen molar-refractivity contribution in [3.8, 4) is 0 Å². The van der Waals surface area contributed by atoms with Gasteiger partial charge >= 0.3 is 0 Å². The third-order valence-electron chi connectivity index (χ3n) is 6.55. The first-order valence-electron chi connectivity index (χ1n) is 10.7. The summed E-state index contributed by atoms with van der Waals surface area (Å²) >= 11 is 0. The zero-order valence-electron chi connectivity index (χ0n) is 17.1. The van der Waals surface area contributed by atoms with Crippen LogP contribution in [0.2, 0.25) is 0 Å². The van der Waals surface area contributed by atoms with E-state index in [-0.39, 0.29) is 30.9 Å². The van der Waals surface area contributed by atoms with E-state index in [2.05, 4.69) is 20.6 Å². The molecule has 4 atom stereocenters. The highest BCUT2D eigenvalue weighted by molar-refractivity contribution is 5.92. The molecule has 0 unspecified atom stereocenters. The average molecular weight is 416 g/mol. The van der Waals surface area contributed by atoms with Crippen molar-refractivity contribution < 1.29 is 19.4 Å². The second-order valence-electron chi connectivity index (χ2n) is 8.73. The number of imidazole rings is 1. The Bertz CT molecular complexity index is 907. The van der Waals surface area contributed by atoms with Gasteiger partial charge in [-0.25, -0.2) is 9.67 Å². The highest BCUT2D eigenvalue weighted by Gasteiger charge is 2.61. The van der Waals surface area contributed by atoms with E-state index in [1.54, 1.807) is 28.8 Å². The summed E-state index contributed by atoms with van der Waals surface area (Å²) in [6.45, 7) is 0.392. The van der Waals surface area contributed by atoms with Gasteiger partial charge < -0.3 is 24.5 Å². The van der Waals surface area contributed by atoms with Crippen LogP contribution in [0.3, 0.4) is 0 Å². The van der Waals surface area contributed by atoms with Gasteiger partial charge in [-0.05, 0) is 12.3 Å². The first-order chi connectivity index (χ1) is 14.5. The fraction of sp³-hybridized carbons (Fsp3) is 0.700. The zero-order valence-corrected chi connectivity index (χ0v) is 17.1. The van der Waals surface area contributed by atoms with E-state index < -0.39 is 17.9 Å². The van der Waals surface area contributed by atoms with Crippen molar-refractivity contribution in [2.45, 2.75) is 62.5 Å². The Labute approximate surface area is 174 Å². The van der Waals surface area contributed by atoms with Gasteiger partial charge in [-0.2, -0.15) is 0 Å². The SMILES string of the molecule is Cn1cnc(C(=O)N[C@H]2CO[C@@H]3[C@@H](n4cc(CC5CCCCC5)nn4)CO[C@]23O)c1. The lowest BCUT2D eigenvalue weighted by Gasteiger charge is -2.27. The first kappa shape index (κ1) is 19.7. The van der Waals surface area contributed by atoms with Gasteiger partial charge in [0, 0.05) is 19.4 Å². The third-order valence-corrected chi connectivity index (χ3v) is 6.55. The minimum Gasteiger partial charge on any atom is -0.368 e. The molecule has 1 aliphatic carbocycles. The van der Waals surface area contributed by atoms with Crippen molar-refractivity contribution in [2.24, 2.45) is 13.0 Å². The molecule has 1 saturated carbocycles. The van der Waals surface area contributed by atoms with Crippen LogP contribution in [0.1, 0.15) is 54.3 Å². The molecule has 30 heavy (non-hydrogen) atoms. The molecule has 4 heterocycles. The second-order valence-corrected chi connectivity index (χ2v) is 8.73. The van der Waals surface area contributed by atoms with E-state index in [0.717, 1.165) is 12.1 Å². The average Bonchev–Trinajstić information content (AvgIpc) is 3.49. The summed E-state index contributed by atoms with van der Waals surface area (Å²) in [5, 5.41) is 22.6. The summed E-state index contributed by atoms with van der Waals surface area (Å²) in [4.78, 5) is 16.5. The van der Waals surface area contributed by atoms with Crippen LogP contribution in [-0.2, 0) is 22.9 Å². The van der Waals surface area contributed by atoms with Gasteiger partial charge in [-0.15, -0.1) is 5.10 Å². The minimum atomic E-state index is -1.61. The summed E-state index contributed by atoms with van der Waals surface area (Å²) in [6, 6.07) is -0.980. The quantitative estimate of drug-likeness (QED) is 0.733. The molecule has 2 N–H and O–H groups in total. The maximum Gasteiger partial charge on any atom is 0.271 e. The Morgan fingerprint density at radius 3 is 2.90 bits per heavy atom. The Morgan fingerprint density at radius 1 is 1.30 bits per heavy atom. The van der Waals surface area contributed by atoms with Crippen LogP contribution in [0.5, 0.6) is 0 Å². The lowest BCUT2D eigenvalue weighted by Crippen LogP contribution is -2.54. The van der Waals surface area contributed by atoms with Gasteiger partial charge in [0.2, 0.25) is 5.79 Å². The van der Waals surface area contributed by atoms with Crippen molar-refractivity contribution in [3.63, 3.8) is 0 Å². The van der Waals surface area contributed by atoms with Crippen molar-refractivity contribution in [1.82, 2.24) is 29.9 Å². The maximum atomic E-state index is 12.5. The summed E-state index contributed by atoms with van der Waals surface area (Å²) in [7, 11) is 1.79. The molecule has 162 valence electrons. The number of rotatable bonds is 5. The fourth-order valence-electron chi connectivity index (χ4n) is 4.89. The number of amides is 1. The van der Waals surface area contributed by atoms with E-state index in [4.69, 9.17) is 9.47 Å². The second kappa shape index (κ2) is 7.75. The van der Waals surface area contributed by atoms with Gasteiger partial charge in [-0.1, -0.05) is 37.3 Å². The van der Waals surface area contributed by atoms with Crippen LogP contribution >= 0.6 is 0 Å². The van der Waals surface area contributed by atoms with E-state index in [1.165, 1.54) is 32.1 Å². The van der Waals surface area contributed by atoms with Crippen molar-refractivity contribution >= 4 is 5.91 Å². The van der Waals surface area contributed by atoms with Crippen LogP contribution in [0.4, 0.5) is 0 Å². The highest BCUT2D eigenvalue weighted by Crippen LogP contribution is 2.41. The Balaban J connectivity index is 1.25. The summed E-state index contributed by atoms with van der Waals surface area (Å²) in [6.07, 6.45) is 11.8. The summed E-state index contributed by atoms with van der Waals surface area (Å²) in [5.74, 6) is -1.31. The molecule has 2 saturated heterocycles. The monoisotopic (exact) mass is 416 g/mol. The minimum absolute atomic E-state index is 0.153. The van der Waals surface area contributed by atoms with E-state index in [1.807, 2.05) is 6.20 Å². The number of aliphatic hydroxyl groups is 1. The number of nitrogens with one attached hydrogen (secondary N) is 1. The van der Waals surface area contributed by atoms with Gasteiger partial charge in [0.05, 0.1) is 25.2 Å². The number of hydrogen-bond donors (Lipinski definition) is 2. The standard InChI is InChI=1S/C20H28N6O4/c1-25-9-15(21-12-25)19(27)22-17-11-29-18-16(10-30-20(17,18)28)26-8-14(23-24-26)7-13-5-3-2-4-6-13/h8-9,12-13,16-18,28H,2-7,10-11H2,1H3,(H,22,27)/t16-,17-,18+,20+/m0/s1. The Morgan fingerprint density at radius 2 is 2.13 bits per heavy atom. The van der Waals surface area contributed by atoms with Gasteiger partial charge in [0.15, 0.2) is 0 Å². The largest absolute Gasteiger partial charge is 0.368 e. The fourth-order valence-corrected chi connectivity index (χ4v) is 4.89. The molecule has 1 amide bonds. The molecular formula is C20H28N6O4. The smallest absolute Gasteiger partial charge is 0.271 e. The van der Waals surface area contributed by atoms with Crippen LogP contribution in [-0.4, -0.2) is 66.7 Å². The van der Waals surface area contributed by atoms with Crippen LogP contribution in [0, 0.1) is 5.92 Å². The summed E-state index contributed by atoms with van der Waals surface area (Å²) < 4.78 is 15.0. The molecule has 0 spiro atoms. The van der Waals surface area contributed by atoms with Gasteiger partial charge in [0.1, 0.15) is 23.9 Å². The van der Waals surface area contributed by atoms with E-state index >= 15 is 0 Å². The van der Waals surface area contributed by atoms with Crippen molar-refractivity contribution in [2.75, 3.05) is 13.2 Å². The molecule has 0 bridgehead atoms.